The number of urea groups is 1. The predicted octanol–water partition coefficient (Wildman–Crippen LogP) is 2.70. The van der Waals surface area contributed by atoms with Gasteiger partial charge in [-0.1, -0.05) is 42.5 Å². The second kappa shape index (κ2) is 5.59. The first-order chi connectivity index (χ1) is 8.27. The van der Waals surface area contributed by atoms with E-state index in [-0.39, 0.29) is 0 Å². The summed E-state index contributed by atoms with van der Waals surface area (Å²) < 4.78 is 2.52. The molecule has 2 aromatic carbocycles. The molecule has 2 aromatic rings. The van der Waals surface area contributed by atoms with E-state index in [0.717, 1.165) is 12.2 Å². The van der Waals surface area contributed by atoms with Gasteiger partial charge in [0.15, 0.2) is 0 Å². The van der Waals surface area contributed by atoms with Gasteiger partial charge < -0.3 is 5.73 Å². The molecular weight excluding hydrogens is 232 g/mol. The van der Waals surface area contributed by atoms with Crippen LogP contribution in [0, 0.1) is 0 Å². The summed E-state index contributed by atoms with van der Waals surface area (Å²) in [5.74, 6) is 0.816. The van der Waals surface area contributed by atoms with Crippen molar-refractivity contribution in [3.8, 4) is 0 Å². The number of carbonyl (C=O) groups excluding carboxylic acids is 1. The van der Waals surface area contributed by atoms with Crippen LogP contribution in [0.3, 0.4) is 0 Å². The molecule has 0 fully saturated rings. The van der Waals surface area contributed by atoms with Crippen LogP contribution in [0.15, 0.2) is 42.5 Å². The van der Waals surface area contributed by atoms with Crippen molar-refractivity contribution in [1.29, 1.82) is 0 Å². The molecular formula is C13H14N2OS. The summed E-state index contributed by atoms with van der Waals surface area (Å²) in [6.45, 7) is 0. The van der Waals surface area contributed by atoms with Gasteiger partial charge in [0, 0.05) is 5.75 Å². The monoisotopic (exact) mass is 246 g/mol. The smallest absolute Gasteiger partial charge is 0.322 e. The van der Waals surface area contributed by atoms with Crippen molar-refractivity contribution in [3.63, 3.8) is 0 Å². The second-order valence-electron chi connectivity index (χ2n) is 3.70. The fraction of sp³-hybridized carbons (Fsp3) is 0.154. The Balaban J connectivity index is 2.05. The Bertz CT molecular complexity index is 522. The van der Waals surface area contributed by atoms with E-state index in [2.05, 4.69) is 35.1 Å². The van der Waals surface area contributed by atoms with Crippen LogP contribution in [-0.4, -0.2) is 11.8 Å². The molecule has 0 radical (unpaired) electrons. The molecule has 4 heteroatoms. The van der Waals surface area contributed by atoms with Crippen molar-refractivity contribution in [3.05, 3.63) is 48.0 Å². The van der Waals surface area contributed by atoms with Gasteiger partial charge in [-0.15, -0.1) is 0 Å². The first-order valence-electron chi connectivity index (χ1n) is 5.41. The van der Waals surface area contributed by atoms with Crippen LogP contribution >= 0.6 is 11.9 Å². The molecule has 0 aromatic heterocycles. The molecule has 0 bridgehead atoms. The average Bonchev–Trinajstić information content (AvgIpc) is 2.34. The number of nitrogens with one attached hydrogen (secondary N) is 1. The highest BCUT2D eigenvalue weighted by atomic mass is 32.2. The molecule has 0 aliphatic carbocycles. The number of primary amides is 1. The van der Waals surface area contributed by atoms with Crippen LogP contribution < -0.4 is 10.5 Å². The fourth-order valence-electron chi connectivity index (χ4n) is 1.79. The largest absolute Gasteiger partial charge is 0.351 e. The third kappa shape index (κ3) is 3.14. The lowest BCUT2D eigenvalue weighted by atomic mass is 10.0. The summed E-state index contributed by atoms with van der Waals surface area (Å²) in [6, 6.07) is 14.1. The first-order valence-corrected chi connectivity index (χ1v) is 6.40. The molecule has 0 aliphatic heterocycles. The lowest BCUT2D eigenvalue weighted by Crippen LogP contribution is -2.23. The van der Waals surface area contributed by atoms with Crippen LogP contribution in [0.4, 0.5) is 4.79 Å². The Morgan fingerprint density at radius 2 is 1.94 bits per heavy atom. The normalized spacial score (nSPS) is 10.4. The molecule has 0 spiro atoms. The van der Waals surface area contributed by atoms with Crippen LogP contribution in [0.5, 0.6) is 0 Å². The summed E-state index contributed by atoms with van der Waals surface area (Å²) in [4.78, 5) is 10.5. The predicted molar refractivity (Wildman–Crippen MR) is 72.8 cm³/mol. The van der Waals surface area contributed by atoms with Crippen LogP contribution in [0.25, 0.3) is 10.8 Å². The van der Waals surface area contributed by atoms with Gasteiger partial charge in [-0.2, -0.15) is 0 Å². The lowest BCUT2D eigenvalue weighted by Gasteiger charge is -2.06. The van der Waals surface area contributed by atoms with E-state index in [1.54, 1.807) is 0 Å². The minimum atomic E-state index is -0.493. The van der Waals surface area contributed by atoms with E-state index in [0.29, 0.717) is 0 Å². The average molecular weight is 246 g/mol. The molecule has 2 rings (SSSR count). The number of aryl methyl sites for hydroxylation is 1. The highest BCUT2D eigenvalue weighted by Gasteiger charge is 2.00. The third-order valence-electron chi connectivity index (χ3n) is 2.53. The van der Waals surface area contributed by atoms with Crippen LogP contribution in [0.1, 0.15) is 5.56 Å². The number of nitrogens with two attached hydrogens (primary N) is 1. The van der Waals surface area contributed by atoms with Crippen molar-refractivity contribution in [2.75, 3.05) is 5.75 Å². The fourth-order valence-corrected chi connectivity index (χ4v) is 2.36. The molecule has 0 saturated carbocycles. The molecule has 0 atom stereocenters. The summed E-state index contributed by atoms with van der Waals surface area (Å²) in [7, 11) is 0. The van der Waals surface area contributed by atoms with Gasteiger partial charge >= 0.3 is 6.03 Å². The molecule has 0 unspecified atom stereocenters. The zero-order valence-electron chi connectivity index (χ0n) is 9.35. The molecule has 3 nitrogen and oxygen atoms in total. The molecule has 17 heavy (non-hydrogen) atoms. The Morgan fingerprint density at radius 1 is 1.18 bits per heavy atom. The number of amides is 2. The Morgan fingerprint density at radius 3 is 2.76 bits per heavy atom. The van der Waals surface area contributed by atoms with E-state index < -0.39 is 6.03 Å². The van der Waals surface area contributed by atoms with E-state index in [4.69, 9.17) is 5.73 Å². The number of rotatable bonds is 4. The highest BCUT2D eigenvalue weighted by molar-refractivity contribution is 7.97. The number of carbonyl (C=O) groups is 1. The maximum Gasteiger partial charge on any atom is 0.322 e. The number of hydrogen-bond acceptors (Lipinski definition) is 2. The second-order valence-corrected chi connectivity index (χ2v) is 4.60. The summed E-state index contributed by atoms with van der Waals surface area (Å²) in [5.41, 5.74) is 6.28. The maximum atomic E-state index is 10.5. The molecule has 3 N–H and O–H groups in total. The number of fused-ring (bicyclic) bond motifs is 1. The van der Waals surface area contributed by atoms with Crippen molar-refractivity contribution in [2.45, 2.75) is 6.42 Å². The van der Waals surface area contributed by atoms with E-state index >= 15 is 0 Å². The SMILES string of the molecule is NC(=O)NSCCc1cccc2ccccc12. The minimum absolute atomic E-state index is 0.493. The summed E-state index contributed by atoms with van der Waals surface area (Å²) >= 11 is 1.34. The van der Waals surface area contributed by atoms with E-state index in [9.17, 15) is 4.79 Å². The molecule has 0 saturated heterocycles. The quantitative estimate of drug-likeness (QED) is 0.643. The van der Waals surface area contributed by atoms with E-state index in [1.165, 1.54) is 28.3 Å². The van der Waals surface area contributed by atoms with Gasteiger partial charge in [-0.3, -0.25) is 4.72 Å². The van der Waals surface area contributed by atoms with Gasteiger partial charge in [-0.05, 0) is 34.7 Å². The molecule has 88 valence electrons. The zero-order chi connectivity index (χ0) is 12.1. The van der Waals surface area contributed by atoms with Gasteiger partial charge in [0.1, 0.15) is 0 Å². The number of benzene rings is 2. The first kappa shape index (κ1) is 11.8. The van der Waals surface area contributed by atoms with Gasteiger partial charge in [0.2, 0.25) is 0 Å². The molecule has 0 heterocycles. The van der Waals surface area contributed by atoms with Gasteiger partial charge in [-0.25, -0.2) is 4.79 Å². The standard InChI is InChI=1S/C13H14N2OS/c14-13(16)15-17-9-8-11-6-3-5-10-4-1-2-7-12(10)11/h1-7H,8-9H2,(H3,14,15,16). The van der Waals surface area contributed by atoms with Crippen molar-refractivity contribution in [2.24, 2.45) is 5.73 Å². The van der Waals surface area contributed by atoms with Crippen molar-refractivity contribution in [1.82, 2.24) is 4.72 Å². The molecule has 2 amide bonds. The highest BCUT2D eigenvalue weighted by Crippen LogP contribution is 2.19. The summed E-state index contributed by atoms with van der Waals surface area (Å²) in [6.07, 6.45) is 0.909. The van der Waals surface area contributed by atoms with Crippen molar-refractivity contribution < 1.29 is 4.79 Å². The topological polar surface area (TPSA) is 55.1 Å². The Kier molecular flexibility index (Phi) is 3.88. The number of hydrogen-bond donors (Lipinski definition) is 2. The van der Waals surface area contributed by atoms with Gasteiger partial charge in [0.25, 0.3) is 0 Å². The lowest BCUT2D eigenvalue weighted by molar-refractivity contribution is 0.254. The Hall–Kier alpha value is -1.68. The summed E-state index contributed by atoms with van der Waals surface area (Å²) in [5, 5.41) is 2.52. The van der Waals surface area contributed by atoms with Crippen LogP contribution in [-0.2, 0) is 6.42 Å². The zero-order valence-corrected chi connectivity index (χ0v) is 10.2. The Labute approximate surface area is 105 Å². The minimum Gasteiger partial charge on any atom is -0.351 e. The van der Waals surface area contributed by atoms with E-state index in [1.807, 2.05) is 12.1 Å². The third-order valence-corrected chi connectivity index (χ3v) is 3.28. The maximum absolute atomic E-state index is 10.5. The van der Waals surface area contributed by atoms with Gasteiger partial charge in [0.05, 0.1) is 0 Å². The molecule has 0 aliphatic rings. The van der Waals surface area contributed by atoms with Crippen molar-refractivity contribution >= 4 is 28.8 Å². The van der Waals surface area contributed by atoms with Crippen LogP contribution in [0.2, 0.25) is 0 Å².